The number of methoxy groups -OCH3 is 1. The molecule has 0 saturated carbocycles. The number of fused-ring (bicyclic) bond motifs is 1. The van der Waals surface area contributed by atoms with Crippen molar-refractivity contribution in [1.82, 2.24) is 14.4 Å². The summed E-state index contributed by atoms with van der Waals surface area (Å²) in [6.07, 6.45) is 5.65. The largest absolute Gasteiger partial charge is 0.466 e. The second-order valence-electron chi connectivity index (χ2n) is 9.84. The Morgan fingerprint density at radius 1 is 1.14 bits per heavy atom. The molecule has 2 aromatic rings. The number of carbonyl (C=O) groups is 2. The van der Waals surface area contributed by atoms with Crippen molar-refractivity contribution in [2.45, 2.75) is 83.5 Å². The van der Waals surface area contributed by atoms with Crippen molar-refractivity contribution < 1.29 is 19.1 Å². The molecule has 0 bridgehead atoms. The average molecular weight is 495 g/mol. The highest BCUT2D eigenvalue weighted by Crippen LogP contribution is 2.30. The molecule has 2 saturated heterocycles. The Morgan fingerprint density at radius 3 is 2.69 bits per heavy atom. The third kappa shape index (κ3) is 5.52. The van der Waals surface area contributed by atoms with Gasteiger partial charge < -0.3 is 23.8 Å². The van der Waals surface area contributed by atoms with Crippen LogP contribution in [0, 0.1) is 11.3 Å². The van der Waals surface area contributed by atoms with Crippen molar-refractivity contribution in [3.63, 3.8) is 0 Å². The van der Waals surface area contributed by atoms with Crippen LogP contribution in [-0.4, -0.2) is 71.4 Å². The summed E-state index contributed by atoms with van der Waals surface area (Å²) in [4.78, 5) is 29.9. The number of aromatic nitrogens is 1. The molecule has 2 amide bonds. The lowest BCUT2D eigenvalue weighted by atomic mass is 9.97. The van der Waals surface area contributed by atoms with Crippen LogP contribution < -0.4 is 0 Å². The van der Waals surface area contributed by atoms with Gasteiger partial charge in [-0.1, -0.05) is 6.07 Å². The van der Waals surface area contributed by atoms with Crippen molar-refractivity contribution in [1.29, 1.82) is 5.26 Å². The first-order chi connectivity index (χ1) is 17.5. The fourth-order valence-corrected chi connectivity index (χ4v) is 5.88. The summed E-state index contributed by atoms with van der Waals surface area (Å²) in [5, 5.41) is 10.4. The maximum absolute atomic E-state index is 13.8. The zero-order valence-corrected chi connectivity index (χ0v) is 21.7. The van der Waals surface area contributed by atoms with E-state index in [0.29, 0.717) is 25.1 Å². The van der Waals surface area contributed by atoms with Gasteiger partial charge in [0.15, 0.2) is 0 Å². The number of hydrogen-bond acceptors (Lipinski definition) is 5. The first-order valence-corrected chi connectivity index (χ1v) is 13.3. The van der Waals surface area contributed by atoms with Crippen LogP contribution >= 0.6 is 0 Å². The number of likely N-dealkylation sites (tertiary alicyclic amines) is 2. The molecule has 2 fully saturated rings. The van der Waals surface area contributed by atoms with E-state index >= 15 is 0 Å². The third-order valence-corrected chi connectivity index (χ3v) is 7.70. The van der Waals surface area contributed by atoms with E-state index in [1.807, 2.05) is 28.0 Å². The SMILES string of the molecule is CCOC(=O)CC1CC(OC)CN1C(=O)N1CCCC[C@H]1CCc1cc2ccc(C#N)cc2n1CC. The first-order valence-electron chi connectivity index (χ1n) is 13.3. The monoisotopic (exact) mass is 494 g/mol. The fourth-order valence-electron chi connectivity index (χ4n) is 5.88. The summed E-state index contributed by atoms with van der Waals surface area (Å²) in [5.41, 5.74) is 3.00. The predicted molar refractivity (Wildman–Crippen MR) is 138 cm³/mol. The summed E-state index contributed by atoms with van der Waals surface area (Å²) in [6.45, 7) is 6.35. The lowest BCUT2D eigenvalue weighted by molar-refractivity contribution is -0.144. The number of rotatable bonds is 8. The van der Waals surface area contributed by atoms with Gasteiger partial charge in [-0.25, -0.2) is 4.79 Å². The molecule has 36 heavy (non-hydrogen) atoms. The number of amides is 2. The van der Waals surface area contributed by atoms with Crippen LogP contribution in [0.1, 0.15) is 63.6 Å². The van der Waals surface area contributed by atoms with Crippen molar-refractivity contribution in [3.05, 3.63) is 35.5 Å². The van der Waals surface area contributed by atoms with E-state index in [0.717, 1.165) is 56.1 Å². The zero-order chi connectivity index (χ0) is 25.7. The Kier molecular flexibility index (Phi) is 8.52. The molecule has 0 N–H and O–H groups in total. The summed E-state index contributed by atoms with van der Waals surface area (Å²) in [7, 11) is 1.66. The molecule has 4 rings (SSSR count). The number of hydrogen-bond donors (Lipinski definition) is 0. The standard InChI is InChI=1S/C28H38N4O4/c1-4-30-23(15-21-10-9-20(18-29)14-26(21)30)12-11-22-8-6-7-13-31(22)28(34)32-19-25(35-3)16-24(32)17-27(33)36-5-2/h9-10,14-15,22,24-25H,4-8,11-13,16-17,19H2,1-3H3/t22-,24?,25?/m0/s1. The predicted octanol–water partition coefficient (Wildman–Crippen LogP) is 4.48. The van der Waals surface area contributed by atoms with Gasteiger partial charge in [-0.3, -0.25) is 4.79 Å². The van der Waals surface area contributed by atoms with Crippen LogP contribution in [0.15, 0.2) is 24.3 Å². The van der Waals surface area contributed by atoms with Gasteiger partial charge in [-0.2, -0.15) is 5.26 Å². The minimum absolute atomic E-state index is 0.0169. The van der Waals surface area contributed by atoms with E-state index in [1.54, 1.807) is 14.0 Å². The summed E-state index contributed by atoms with van der Waals surface area (Å²) in [6, 6.07) is 10.3. The third-order valence-electron chi connectivity index (χ3n) is 7.70. The zero-order valence-electron chi connectivity index (χ0n) is 21.7. The number of piperidine rings is 1. The molecule has 8 nitrogen and oxygen atoms in total. The van der Waals surface area contributed by atoms with Crippen molar-refractivity contribution in [2.75, 3.05) is 26.8 Å². The van der Waals surface area contributed by atoms with E-state index in [1.165, 1.54) is 5.69 Å². The van der Waals surface area contributed by atoms with Gasteiger partial charge in [0.25, 0.3) is 0 Å². The first kappa shape index (κ1) is 26.0. The molecule has 0 spiro atoms. The Hall–Kier alpha value is -3.05. The quantitative estimate of drug-likeness (QED) is 0.505. The number of carbonyl (C=O) groups excluding carboxylic acids is 2. The molecule has 0 aliphatic carbocycles. The van der Waals surface area contributed by atoms with Crippen LogP contribution in [0.4, 0.5) is 4.79 Å². The molecular formula is C28H38N4O4. The van der Waals surface area contributed by atoms with E-state index in [4.69, 9.17) is 9.47 Å². The number of esters is 1. The van der Waals surface area contributed by atoms with E-state index in [9.17, 15) is 14.9 Å². The van der Waals surface area contributed by atoms with Gasteiger partial charge in [0.05, 0.1) is 30.8 Å². The molecule has 2 aliphatic rings. The highest BCUT2D eigenvalue weighted by molar-refractivity contribution is 5.83. The fraction of sp³-hybridized carbons (Fsp3) is 0.607. The van der Waals surface area contributed by atoms with E-state index in [-0.39, 0.29) is 36.6 Å². The van der Waals surface area contributed by atoms with E-state index in [2.05, 4.69) is 23.6 Å². The molecule has 1 aromatic heterocycles. The van der Waals surface area contributed by atoms with Crippen LogP contribution in [-0.2, 0) is 27.2 Å². The van der Waals surface area contributed by atoms with Gasteiger partial charge >= 0.3 is 12.0 Å². The number of nitrogens with zero attached hydrogens (tertiary/aromatic N) is 4. The number of aryl methyl sites for hydroxylation is 2. The highest BCUT2D eigenvalue weighted by atomic mass is 16.5. The van der Waals surface area contributed by atoms with Crippen molar-refractivity contribution >= 4 is 22.9 Å². The van der Waals surface area contributed by atoms with Gasteiger partial charge in [0.1, 0.15) is 0 Å². The summed E-state index contributed by atoms with van der Waals surface area (Å²) >= 11 is 0. The maximum Gasteiger partial charge on any atom is 0.320 e. The van der Waals surface area contributed by atoms with Gasteiger partial charge in [-0.15, -0.1) is 0 Å². The molecule has 3 heterocycles. The molecule has 3 atom stereocenters. The Bertz CT molecular complexity index is 1120. The second kappa shape index (κ2) is 11.8. The molecule has 8 heteroatoms. The molecule has 2 aliphatic heterocycles. The Labute approximate surface area is 213 Å². The number of nitriles is 1. The van der Waals surface area contributed by atoms with Gasteiger partial charge in [-0.05, 0) is 76.0 Å². The van der Waals surface area contributed by atoms with Crippen LogP contribution in [0.2, 0.25) is 0 Å². The number of benzene rings is 1. The maximum atomic E-state index is 13.8. The topological polar surface area (TPSA) is 87.8 Å². The molecule has 0 radical (unpaired) electrons. The van der Waals surface area contributed by atoms with E-state index < -0.39 is 0 Å². The van der Waals surface area contributed by atoms with Crippen molar-refractivity contribution in [2.24, 2.45) is 0 Å². The average Bonchev–Trinajstić information content (AvgIpc) is 3.47. The smallest absolute Gasteiger partial charge is 0.320 e. The Balaban J connectivity index is 1.48. The minimum atomic E-state index is -0.265. The lowest BCUT2D eigenvalue weighted by Gasteiger charge is -2.39. The number of ether oxygens (including phenoxy) is 2. The Morgan fingerprint density at radius 2 is 1.97 bits per heavy atom. The van der Waals surface area contributed by atoms with Gasteiger partial charge in [0, 0.05) is 50.0 Å². The second-order valence-corrected chi connectivity index (χ2v) is 9.84. The molecule has 2 unspecified atom stereocenters. The van der Waals surface area contributed by atoms with Gasteiger partial charge in [0.2, 0.25) is 0 Å². The molecule has 1 aromatic carbocycles. The normalized spacial score (nSPS) is 22.1. The van der Waals surface area contributed by atoms with Crippen LogP contribution in [0.5, 0.6) is 0 Å². The van der Waals surface area contributed by atoms with Crippen LogP contribution in [0.25, 0.3) is 10.9 Å². The summed E-state index contributed by atoms with van der Waals surface area (Å²) in [5.74, 6) is -0.265. The lowest BCUT2D eigenvalue weighted by Crippen LogP contribution is -2.52. The van der Waals surface area contributed by atoms with Crippen LogP contribution in [0.3, 0.4) is 0 Å². The highest BCUT2D eigenvalue weighted by Gasteiger charge is 2.40. The van der Waals surface area contributed by atoms with Crippen molar-refractivity contribution in [3.8, 4) is 6.07 Å². The minimum Gasteiger partial charge on any atom is -0.466 e. The molecular weight excluding hydrogens is 456 g/mol. The molecule has 194 valence electrons. The summed E-state index contributed by atoms with van der Waals surface area (Å²) < 4.78 is 13.0. The number of urea groups is 1.